The van der Waals surface area contributed by atoms with Gasteiger partial charge < -0.3 is 0 Å². The molecule has 106 valence electrons. The zero-order valence-corrected chi connectivity index (χ0v) is 12.3. The average molecular weight is 290 g/mol. The van der Waals surface area contributed by atoms with Gasteiger partial charge in [-0.05, 0) is 55.6 Å². The molecule has 0 N–H and O–H groups in total. The van der Waals surface area contributed by atoms with E-state index in [1.807, 2.05) is 24.4 Å². The zero-order chi connectivity index (χ0) is 13.8. The van der Waals surface area contributed by atoms with Gasteiger partial charge in [0.25, 0.3) is 0 Å². The van der Waals surface area contributed by atoms with Crippen molar-refractivity contribution in [2.45, 2.75) is 25.9 Å². The summed E-state index contributed by atoms with van der Waals surface area (Å²) in [5.74, 6) is 0.761. The van der Waals surface area contributed by atoms with Gasteiger partial charge in [-0.1, -0.05) is 23.7 Å². The molecule has 1 aliphatic rings. The summed E-state index contributed by atoms with van der Waals surface area (Å²) in [6.07, 6.45) is 6.43. The molecule has 0 radical (unpaired) electrons. The molecular formula is C16H20ClN3. The Hall–Kier alpha value is -1.32. The lowest BCUT2D eigenvalue weighted by Crippen LogP contribution is -2.34. The van der Waals surface area contributed by atoms with Gasteiger partial charge >= 0.3 is 0 Å². The van der Waals surface area contributed by atoms with Crippen molar-refractivity contribution in [3.8, 4) is 0 Å². The fraction of sp³-hybridized carbons (Fsp3) is 0.438. The van der Waals surface area contributed by atoms with Gasteiger partial charge in [0.15, 0.2) is 0 Å². The van der Waals surface area contributed by atoms with Gasteiger partial charge in [-0.3, -0.25) is 9.58 Å². The van der Waals surface area contributed by atoms with E-state index in [0.29, 0.717) is 0 Å². The summed E-state index contributed by atoms with van der Waals surface area (Å²) >= 11 is 5.92. The average Bonchev–Trinajstić information content (AvgIpc) is 2.96. The van der Waals surface area contributed by atoms with E-state index in [9.17, 15) is 0 Å². The molecule has 1 saturated heterocycles. The third kappa shape index (κ3) is 3.62. The van der Waals surface area contributed by atoms with Crippen molar-refractivity contribution >= 4 is 11.6 Å². The molecule has 2 aromatic rings. The van der Waals surface area contributed by atoms with Crippen LogP contribution in [0.15, 0.2) is 42.7 Å². The number of halogens is 1. The van der Waals surface area contributed by atoms with Gasteiger partial charge in [0, 0.05) is 30.5 Å². The van der Waals surface area contributed by atoms with Crippen LogP contribution in [0.2, 0.25) is 5.02 Å². The van der Waals surface area contributed by atoms with Gasteiger partial charge in [-0.15, -0.1) is 0 Å². The van der Waals surface area contributed by atoms with Crippen LogP contribution in [0.5, 0.6) is 0 Å². The molecule has 0 spiro atoms. The van der Waals surface area contributed by atoms with Crippen LogP contribution in [0.25, 0.3) is 0 Å². The Morgan fingerprint density at radius 1 is 1.15 bits per heavy atom. The van der Waals surface area contributed by atoms with Gasteiger partial charge in [0.2, 0.25) is 0 Å². The van der Waals surface area contributed by atoms with E-state index in [1.54, 1.807) is 0 Å². The van der Waals surface area contributed by atoms with E-state index in [1.165, 1.54) is 31.5 Å². The third-order valence-electron chi connectivity index (χ3n) is 4.03. The van der Waals surface area contributed by atoms with Crippen LogP contribution in [0, 0.1) is 5.92 Å². The van der Waals surface area contributed by atoms with E-state index in [2.05, 4.69) is 33.0 Å². The smallest absolute Gasteiger partial charge is 0.0489 e. The van der Waals surface area contributed by atoms with Crippen molar-refractivity contribution < 1.29 is 0 Å². The minimum Gasteiger partial charge on any atom is -0.299 e. The molecule has 1 aromatic carbocycles. The standard InChI is InChI=1S/C16H20ClN3/c17-16-4-2-14(3-5-16)12-19-10-6-15(7-11-19)13-20-9-1-8-18-20/h1-5,8-9,15H,6-7,10-13H2. The fourth-order valence-electron chi connectivity index (χ4n) is 2.85. The zero-order valence-electron chi connectivity index (χ0n) is 11.6. The van der Waals surface area contributed by atoms with Gasteiger partial charge in [0.1, 0.15) is 0 Å². The Morgan fingerprint density at radius 2 is 1.90 bits per heavy atom. The van der Waals surface area contributed by atoms with Crippen molar-refractivity contribution in [1.29, 1.82) is 0 Å². The highest BCUT2D eigenvalue weighted by atomic mass is 35.5. The number of aromatic nitrogens is 2. The lowest BCUT2D eigenvalue weighted by Gasteiger charge is -2.31. The van der Waals surface area contributed by atoms with Crippen molar-refractivity contribution in [3.63, 3.8) is 0 Å². The Morgan fingerprint density at radius 3 is 2.55 bits per heavy atom. The molecule has 2 heterocycles. The quantitative estimate of drug-likeness (QED) is 0.860. The maximum absolute atomic E-state index is 5.92. The van der Waals surface area contributed by atoms with Crippen molar-refractivity contribution in [1.82, 2.24) is 14.7 Å². The summed E-state index contributed by atoms with van der Waals surface area (Å²) < 4.78 is 2.06. The van der Waals surface area contributed by atoms with Crippen molar-refractivity contribution in [2.24, 2.45) is 5.92 Å². The van der Waals surface area contributed by atoms with Crippen LogP contribution in [0.4, 0.5) is 0 Å². The van der Waals surface area contributed by atoms with Crippen LogP contribution in [-0.4, -0.2) is 27.8 Å². The first-order valence-corrected chi connectivity index (χ1v) is 7.61. The highest BCUT2D eigenvalue weighted by Crippen LogP contribution is 2.21. The number of hydrogen-bond acceptors (Lipinski definition) is 2. The number of likely N-dealkylation sites (tertiary alicyclic amines) is 1. The molecule has 0 unspecified atom stereocenters. The SMILES string of the molecule is Clc1ccc(CN2CCC(Cn3cccn3)CC2)cc1. The number of rotatable bonds is 4. The molecular weight excluding hydrogens is 270 g/mol. The molecule has 0 aliphatic carbocycles. The second-order valence-corrected chi connectivity index (χ2v) is 6.01. The van der Waals surface area contributed by atoms with E-state index in [4.69, 9.17) is 11.6 Å². The number of nitrogens with zero attached hydrogens (tertiary/aromatic N) is 3. The molecule has 1 aliphatic heterocycles. The highest BCUT2D eigenvalue weighted by Gasteiger charge is 2.19. The van der Waals surface area contributed by atoms with E-state index in [-0.39, 0.29) is 0 Å². The lowest BCUT2D eigenvalue weighted by atomic mass is 9.96. The Bertz CT molecular complexity index is 513. The topological polar surface area (TPSA) is 21.1 Å². The maximum Gasteiger partial charge on any atom is 0.0489 e. The molecule has 3 rings (SSSR count). The van der Waals surface area contributed by atoms with Crippen LogP contribution < -0.4 is 0 Å². The summed E-state index contributed by atoms with van der Waals surface area (Å²) in [4.78, 5) is 2.53. The largest absolute Gasteiger partial charge is 0.299 e. The second kappa shape index (κ2) is 6.42. The van der Waals surface area contributed by atoms with Crippen molar-refractivity contribution in [2.75, 3.05) is 13.1 Å². The van der Waals surface area contributed by atoms with Crippen LogP contribution in [-0.2, 0) is 13.1 Å². The monoisotopic (exact) mass is 289 g/mol. The minimum absolute atomic E-state index is 0.761. The first-order valence-electron chi connectivity index (χ1n) is 7.24. The predicted octanol–water partition coefficient (Wildman–Crippen LogP) is 3.45. The first kappa shape index (κ1) is 13.7. The second-order valence-electron chi connectivity index (χ2n) is 5.57. The molecule has 3 nitrogen and oxygen atoms in total. The van der Waals surface area contributed by atoms with E-state index in [0.717, 1.165) is 24.0 Å². The molecule has 20 heavy (non-hydrogen) atoms. The van der Waals surface area contributed by atoms with Gasteiger partial charge in [0.05, 0.1) is 0 Å². The Balaban J connectivity index is 1.47. The van der Waals surface area contributed by atoms with Gasteiger partial charge in [-0.2, -0.15) is 5.10 Å². The van der Waals surface area contributed by atoms with Crippen molar-refractivity contribution in [3.05, 3.63) is 53.3 Å². The molecule has 4 heteroatoms. The normalized spacial score (nSPS) is 17.4. The summed E-state index contributed by atoms with van der Waals surface area (Å²) in [6.45, 7) is 4.44. The number of hydrogen-bond donors (Lipinski definition) is 0. The predicted molar refractivity (Wildman–Crippen MR) is 81.7 cm³/mol. The van der Waals surface area contributed by atoms with Crippen LogP contribution in [0.3, 0.4) is 0 Å². The molecule has 0 amide bonds. The van der Waals surface area contributed by atoms with E-state index >= 15 is 0 Å². The molecule has 0 saturated carbocycles. The lowest BCUT2D eigenvalue weighted by molar-refractivity contribution is 0.164. The Labute approximate surface area is 125 Å². The van der Waals surface area contributed by atoms with Gasteiger partial charge in [-0.25, -0.2) is 0 Å². The summed E-state index contributed by atoms with van der Waals surface area (Å²) in [7, 11) is 0. The summed E-state index contributed by atoms with van der Waals surface area (Å²) in [6, 6.07) is 10.2. The Kier molecular flexibility index (Phi) is 4.38. The molecule has 1 aromatic heterocycles. The molecule has 1 fully saturated rings. The molecule has 0 bridgehead atoms. The minimum atomic E-state index is 0.761. The number of benzene rings is 1. The first-order chi connectivity index (χ1) is 9.79. The highest BCUT2D eigenvalue weighted by molar-refractivity contribution is 6.30. The summed E-state index contributed by atoms with van der Waals surface area (Å²) in [5, 5.41) is 5.11. The van der Waals surface area contributed by atoms with Crippen LogP contribution >= 0.6 is 11.6 Å². The fourth-order valence-corrected chi connectivity index (χ4v) is 2.97. The van der Waals surface area contributed by atoms with Crippen LogP contribution in [0.1, 0.15) is 18.4 Å². The molecule has 0 atom stereocenters. The third-order valence-corrected chi connectivity index (χ3v) is 4.28. The summed E-state index contributed by atoms with van der Waals surface area (Å²) in [5.41, 5.74) is 1.35. The maximum atomic E-state index is 5.92. The van der Waals surface area contributed by atoms with E-state index < -0.39 is 0 Å². The number of piperidine rings is 1.